The lowest BCUT2D eigenvalue weighted by molar-refractivity contribution is -0.116. The van der Waals surface area contributed by atoms with E-state index in [1.54, 1.807) is 55.5 Å². The first kappa shape index (κ1) is 24.3. The second kappa shape index (κ2) is 10.0. The van der Waals surface area contributed by atoms with E-state index in [-0.39, 0.29) is 23.3 Å². The smallest absolute Gasteiger partial charge is 0.339 e. The average molecular weight is 460 g/mol. The third kappa shape index (κ3) is 4.83. The lowest BCUT2D eigenvalue weighted by Crippen LogP contribution is -2.04. The van der Waals surface area contributed by atoms with Gasteiger partial charge in [-0.25, -0.2) is 9.59 Å². The molecule has 174 valence electrons. The van der Waals surface area contributed by atoms with Gasteiger partial charge in [-0.3, -0.25) is 0 Å². The Labute approximate surface area is 195 Å². The molecule has 0 atom stereocenters. The van der Waals surface area contributed by atoms with Gasteiger partial charge in [0.2, 0.25) is 0 Å². The summed E-state index contributed by atoms with van der Waals surface area (Å²) in [5.41, 5.74) is 0.112. The number of rotatable bonds is 5. The monoisotopic (exact) mass is 460 g/mol. The molecule has 4 aromatic carbocycles. The van der Waals surface area contributed by atoms with Crippen LogP contribution in [-0.4, -0.2) is 38.1 Å². The Morgan fingerprint density at radius 1 is 0.706 bits per heavy atom. The first-order valence-corrected chi connectivity index (χ1v) is 10.6. The third-order valence-corrected chi connectivity index (χ3v) is 5.57. The van der Waals surface area contributed by atoms with E-state index in [0.29, 0.717) is 39.1 Å². The number of fused-ring (bicyclic) bond motifs is 2. The topological polar surface area (TPSA) is 132 Å². The Bertz CT molecular complexity index is 1320. The van der Waals surface area contributed by atoms with Crippen LogP contribution in [0.1, 0.15) is 52.1 Å². The summed E-state index contributed by atoms with van der Waals surface area (Å²) in [6, 6.07) is 16.8. The van der Waals surface area contributed by atoms with E-state index in [2.05, 4.69) is 0 Å². The number of phenols is 2. The second-order valence-corrected chi connectivity index (χ2v) is 7.79. The third-order valence-electron chi connectivity index (χ3n) is 5.57. The summed E-state index contributed by atoms with van der Waals surface area (Å²) < 4.78 is 0. The summed E-state index contributed by atoms with van der Waals surface area (Å²) in [6.45, 7) is 3.43. The molecule has 4 N–H and O–H groups in total. The molecule has 0 saturated heterocycles. The zero-order valence-corrected chi connectivity index (χ0v) is 18.7. The van der Waals surface area contributed by atoms with Gasteiger partial charge < -0.3 is 25.2 Å². The van der Waals surface area contributed by atoms with Crippen molar-refractivity contribution >= 4 is 39.3 Å². The van der Waals surface area contributed by atoms with E-state index in [1.807, 2.05) is 6.92 Å². The Morgan fingerprint density at radius 2 is 1.06 bits per heavy atom. The van der Waals surface area contributed by atoms with Crippen LogP contribution >= 0.6 is 0 Å². The van der Waals surface area contributed by atoms with Crippen LogP contribution in [0.15, 0.2) is 60.7 Å². The lowest BCUT2D eigenvalue weighted by Gasteiger charge is -2.16. The van der Waals surface area contributed by atoms with E-state index in [9.17, 15) is 34.8 Å². The molecule has 0 spiro atoms. The quantitative estimate of drug-likeness (QED) is 0.314. The molecule has 0 unspecified atom stereocenters. The molecule has 7 nitrogen and oxygen atoms in total. The van der Waals surface area contributed by atoms with Crippen LogP contribution in [0.4, 0.5) is 0 Å². The van der Waals surface area contributed by atoms with Crippen molar-refractivity contribution in [3.8, 4) is 11.5 Å². The Morgan fingerprint density at radius 3 is 1.38 bits per heavy atom. The molecule has 0 amide bonds. The fourth-order valence-corrected chi connectivity index (χ4v) is 3.68. The van der Waals surface area contributed by atoms with Gasteiger partial charge in [-0.05, 0) is 40.6 Å². The number of benzene rings is 4. The van der Waals surface area contributed by atoms with Gasteiger partial charge in [0, 0.05) is 24.0 Å². The molecule has 0 bridgehead atoms. The molecule has 0 aliphatic heterocycles. The van der Waals surface area contributed by atoms with Gasteiger partial charge in [0.25, 0.3) is 0 Å². The number of aromatic hydroxyl groups is 2. The zero-order chi connectivity index (χ0) is 25.0. The first-order valence-electron chi connectivity index (χ1n) is 10.6. The Hall–Kier alpha value is -4.39. The highest BCUT2D eigenvalue weighted by Crippen LogP contribution is 2.38. The van der Waals surface area contributed by atoms with Crippen LogP contribution < -0.4 is 0 Å². The number of carboxylic acids is 2. The molecule has 4 aromatic rings. The van der Waals surface area contributed by atoms with Crippen LogP contribution in [0, 0.1) is 0 Å². The van der Waals surface area contributed by atoms with Gasteiger partial charge in [-0.1, -0.05) is 55.5 Å². The van der Waals surface area contributed by atoms with Crippen molar-refractivity contribution in [2.24, 2.45) is 0 Å². The highest BCUT2D eigenvalue weighted by atomic mass is 16.4. The highest BCUT2D eigenvalue weighted by molar-refractivity contribution is 6.02. The summed E-state index contributed by atoms with van der Waals surface area (Å²) in [7, 11) is 0. The summed E-state index contributed by atoms with van der Waals surface area (Å²) in [5, 5.41) is 42.8. The normalized spacial score (nSPS) is 10.5. The largest absolute Gasteiger partial charge is 0.507 e. The van der Waals surface area contributed by atoms with Crippen LogP contribution in [0.5, 0.6) is 11.5 Å². The minimum Gasteiger partial charge on any atom is -0.507 e. The summed E-state index contributed by atoms with van der Waals surface area (Å²) in [6.07, 6.45) is 0.626. The maximum atomic E-state index is 11.6. The SMILES string of the molecule is CCC(C)=O.O=C(O)c1cc2ccccc2c(Cc2c(O)c(C(=O)O)cc3ccccc23)c1O. The number of hydrogen-bond donors (Lipinski definition) is 4. The van der Waals surface area contributed by atoms with Gasteiger partial charge in [0.15, 0.2) is 0 Å². The van der Waals surface area contributed by atoms with Crippen molar-refractivity contribution in [3.05, 3.63) is 82.9 Å². The number of ketones is 1. The summed E-state index contributed by atoms with van der Waals surface area (Å²) >= 11 is 0. The highest BCUT2D eigenvalue weighted by Gasteiger charge is 2.22. The molecular weight excluding hydrogens is 436 g/mol. The summed E-state index contributed by atoms with van der Waals surface area (Å²) in [5.74, 6) is -3.10. The van der Waals surface area contributed by atoms with Crippen molar-refractivity contribution in [2.45, 2.75) is 26.7 Å². The average Bonchev–Trinajstić information content (AvgIpc) is 2.81. The van der Waals surface area contributed by atoms with Crippen LogP contribution in [-0.2, 0) is 11.2 Å². The fourth-order valence-electron chi connectivity index (χ4n) is 3.68. The van der Waals surface area contributed by atoms with Gasteiger partial charge in [0.05, 0.1) is 0 Å². The van der Waals surface area contributed by atoms with E-state index in [4.69, 9.17) is 0 Å². The maximum Gasteiger partial charge on any atom is 0.339 e. The van der Waals surface area contributed by atoms with Gasteiger partial charge in [-0.15, -0.1) is 0 Å². The van der Waals surface area contributed by atoms with Crippen molar-refractivity contribution in [1.29, 1.82) is 0 Å². The fraction of sp³-hybridized carbons (Fsp3) is 0.148. The Kier molecular flexibility index (Phi) is 7.16. The molecule has 0 heterocycles. The van der Waals surface area contributed by atoms with Crippen molar-refractivity contribution in [2.75, 3.05) is 0 Å². The number of hydrogen-bond acceptors (Lipinski definition) is 5. The van der Waals surface area contributed by atoms with Crippen LogP contribution in [0.25, 0.3) is 21.5 Å². The van der Waals surface area contributed by atoms with E-state index < -0.39 is 23.4 Å². The minimum atomic E-state index is -1.28. The zero-order valence-electron chi connectivity index (χ0n) is 18.7. The second-order valence-electron chi connectivity index (χ2n) is 7.79. The van der Waals surface area contributed by atoms with E-state index in [1.165, 1.54) is 12.1 Å². The van der Waals surface area contributed by atoms with Crippen molar-refractivity contribution in [1.82, 2.24) is 0 Å². The maximum absolute atomic E-state index is 11.6. The molecule has 0 saturated carbocycles. The molecule has 4 rings (SSSR count). The van der Waals surface area contributed by atoms with E-state index >= 15 is 0 Å². The van der Waals surface area contributed by atoms with E-state index in [0.717, 1.165) is 0 Å². The molecule has 0 aromatic heterocycles. The molecule has 0 aliphatic carbocycles. The standard InChI is InChI=1S/C23H16O6.C4H8O/c24-20-16(14-7-3-1-5-12(14)9-18(20)22(26)27)11-17-15-8-4-2-6-13(15)10-19(21(17)25)23(28)29;1-3-4(2)5/h1-10,24-25H,11H2,(H,26,27)(H,28,29);3H2,1-2H3. The Balaban J connectivity index is 0.000000588. The first-order chi connectivity index (χ1) is 16.1. The molecule has 0 fully saturated rings. The molecular formula is C27H24O7. The number of carboxylic acid groups (broad SMARTS) is 2. The van der Waals surface area contributed by atoms with Gasteiger partial charge >= 0.3 is 11.9 Å². The number of aromatic carboxylic acids is 2. The lowest BCUT2D eigenvalue weighted by atomic mass is 9.90. The molecule has 0 aliphatic rings. The predicted molar refractivity (Wildman–Crippen MR) is 129 cm³/mol. The van der Waals surface area contributed by atoms with Crippen molar-refractivity contribution in [3.63, 3.8) is 0 Å². The number of Topliss-reactive ketones (excluding diaryl/α,β-unsaturated/α-hetero) is 1. The number of carbonyl (C=O) groups is 3. The molecule has 34 heavy (non-hydrogen) atoms. The summed E-state index contributed by atoms with van der Waals surface area (Å²) in [4.78, 5) is 33.0. The van der Waals surface area contributed by atoms with Gasteiger partial charge in [-0.2, -0.15) is 0 Å². The van der Waals surface area contributed by atoms with Crippen LogP contribution in [0.3, 0.4) is 0 Å². The van der Waals surface area contributed by atoms with Crippen molar-refractivity contribution < 1.29 is 34.8 Å². The predicted octanol–water partition coefficient (Wildman–Crippen LogP) is 5.38. The van der Waals surface area contributed by atoms with Gasteiger partial charge in [0.1, 0.15) is 28.4 Å². The van der Waals surface area contributed by atoms with Crippen LogP contribution in [0.2, 0.25) is 0 Å². The number of carbonyl (C=O) groups excluding carboxylic acids is 1. The molecule has 7 heteroatoms. The minimum absolute atomic E-state index is 0.0407. The molecule has 0 radical (unpaired) electrons.